The van der Waals surface area contributed by atoms with Crippen molar-refractivity contribution in [1.29, 1.82) is 0 Å². The molecule has 184 valence electrons. The maximum atomic E-state index is 13.1. The van der Waals surface area contributed by atoms with Crippen molar-refractivity contribution in [3.05, 3.63) is 108 Å². The molecule has 1 aromatic heterocycles. The first-order chi connectivity index (χ1) is 18.0. The smallest absolute Gasteiger partial charge is 0.348 e. The zero-order valence-corrected chi connectivity index (χ0v) is 20.6. The van der Waals surface area contributed by atoms with Crippen LogP contribution in [0.3, 0.4) is 0 Å². The van der Waals surface area contributed by atoms with Crippen LogP contribution in [0.1, 0.15) is 36.8 Å². The van der Waals surface area contributed by atoms with Gasteiger partial charge >= 0.3 is 11.9 Å². The van der Waals surface area contributed by atoms with Gasteiger partial charge < -0.3 is 14.0 Å². The minimum Gasteiger partial charge on any atom is -0.419 e. The van der Waals surface area contributed by atoms with E-state index in [1.165, 1.54) is 0 Å². The molecule has 6 rings (SSSR count). The normalized spacial score (nSPS) is 16.5. The summed E-state index contributed by atoms with van der Waals surface area (Å²) in [5.74, 6) is -2.35. The number of hydrogen-bond acceptors (Lipinski definition) is 4. The van der Waals surface area contributed by atoms with Crippen molar-refractivity contribution in [2.24, 2.45) is 0 Å². The van der Waals surface area contributed by atoms with Crippen LogP contribution in [0.4, 0.5) is 0 Å². The molecule has 5 nitrogen and oxygen atoms in total. The second-order valence-electron chi connectivity index (χ2n) is 9.69. The van der Waals surface area contributed by atoms with Crippen molar-refractivity contribution in [2.75, 3.05) is 0 Å². The first-order valence-electron chi connectivity index (χ1n) is 12.7. The molecule has 4 aromatic rings. The molecule has 0 amide bonds. The van der Waals surface area contributed by atoms with Gasteiger partial charge in [0.2, 0.25) is 0 Å². The molecule has 3 aromatic carbocycles. The quantitative estimate of drug-likeness (QED) is 0.178. The Balaban J connectivity index is 1.57. The number of rotatable bonds is 4. The van der Waals surface area contributed by atoms with E-state index in [0.29, 0.717) is 12.8 Å². The van der Waals surface area contributed by atoms with Crippen LogP contribution in [0.25, 0.3) is 34.3 Å². The van der Waals surface area contributed by atoms with Crippen molar-refractivity contribution in [3.8, 4) is 28.2 Å². The zero-order valence-electron chi connectivity index (χ0n) is 20.6. The molecule has 0 unspecified atom stereocenters. The van der Waals surface area contributed by atoms with Crippen LogP contribution >= 0.6 is 0 Å². The molecule has 1 saturated carbocycles. The van der Waals surface area contributed by atoms with Gasteiger partial charge in [0.05, 0.1) is 11.4 Å². The fourth-order valence-corrected chi connectivity index (χ4v) is 5.26. The third-order valence-electron chi connectivity index (χ3n) is 7.10. The van der Waals surface area contributed by atoms with Crippen LogP contribution in [0.2, 0.25) is 0 Å². The highest BCUT2D eigenvalue weighted by Gasteiger charge is 2.48. The van der Waals surface area contributed by atoms with Crippen LogP contribution in [-0.2, 0) is 19.1 Å². The van der Waals surface area contributed by atoms with Gasteiger partial charge in [0.15, 0.2) is 0 Å². The van der Waals surface area contributed by atoms with Crippen molar-refractivity contribution < 1.29 is 19.1 Å². The SMILES string of the molecule is Cc1ccc(-n2c(-c3ccccc3)cc(C=C3C(=O)OC4(CCCC4)OC3=O)c2-c2ccccc2)cc1. The Kier molecular flexibility index (Phi) is 5.76. The third kappa shape index (κ3) is 4.27. The number of carbonyl (C=O) groups is 2. The molecule has 5 heteroatoms. The van der Waals surface area contributed by atoms with Crippen LogP contribution in [0, 0.1) is 6.92 Å². The van der Waals surface area contributed by atoms with Gasteiger partial charge in [-0.15, -0.1) is 0 Å². The fraction of sp³-hybridized carbons (Fsp3) is 0.188. The van der Waals surface area contributed by atoms with Gasteiger partial charge in [-0.1, -0.05) is 78.4 Å². The summed E-state index contributed by atoms with van der Waals surface area (Å²) in [6, 6.07) is 30.4. The predicted octanol–water partition coefficient (Wildman–Crippen LogP) is 6.87. The standard InChI is InChI=1S/C32H27NO4/c1-22-14-16-26(17-15-22)33-28(23-10-4-2-5-11-23)21-25(29(33)24-12-6-3-7-13-24)20-27-30(34)36-32(37-31(27)35)18-8-9-19-32/h2-7,10-17,20-21H,8-9,18-19H2,1H3. The van der Waals surface area contributed by atoms with Gasteiger partial charge in [-0.2, -0.15) is 0 Å². The summed E-state index contributed by atoms with van der Waals surface area (Å²) >= 11 is 0. The Morgan fingerprint density at radius 2 is 1.32 bits per heavy atom. The van der Waals surface area contributed by atoms with E-state index in [2.05, 4.69) is 47.9 Å². The number of benzene rings is 3. The number of aryl methyl sites for hydroxylation is 1. The highest BCUT2D eigenvalue weighted by molar-refractivity contribution is 6.19. The molecule has 0 atom stereocenters. The van der Waals surface area contributed by atoms with Crippen molar-refractivity contribution in [2.45, 2.75) is 38.4 Å². The van der Waals surface area contributed by atoms with E-state index < -0.39 is 17.7 Å². The summed E-state index contributed by atoms with van der Waals surface area (Å²) in [5, 5.41) is 0. The Morgan fingerprint density at radius 3 is 1.92 bits per heavy atom. The van der Waals surface area contributed by atoms with Gasteiger partial charge in [-0.05, 0) is 55.2 Å². The lowest BCUT2D eigenvalue weighted by molar-refractivity contribution is -0.232. The van der Waals surface area contributed by atoms with E-state index in [9.17, 15) is 9.59 Å². The zero-order chi connectivity index (χ0) is 25.4. The maximum Gasteiger partial charge on any atom is 0.348 e. The Hall–Kier alpha value is -4.38. The Labute approximate surface area is 216 Å². The molecule has 37 heavy (non-hydrogen) atoms. The van der Waals surface area contributed by atoms with E-state index in [4.69, 9.17) is 9.47 Å². The summed E-state index contributed by atoms with van der Waals surface area (Å²) in [7, 11) is 0. The summed E-state index contributed by atoms with van der Waals surface area (Å²) in [4.78, 5) is 26.2. The molecular weight excluding hydrogens is 462 g/mol. The third-order valence-corrected chi connectivity index (χ3v) is 7.10. The Morgan fingerprint density at radius 1 is 0.757 bits per heavy atom. The molecule has 0 bridgehead atoms. The van der Waals surface area contributed by atoms with Gasteiger partial charge in [0.25, 0.3) is 5.79 Å². The Bertz CT molecular complexity index is 1470. The van der Waals surface area contributed by atoms with E-state index in [0.717, 1.165) is 52.2 Å². The second-order valence-corrected chi connectivity index (χ2v) is 9.69. The first kappa shape index (κ1) is 23.0. The lowest BCUT2D eigenvalue weighted by Gasteiger charge is -2.32. The predicted molar refractivity (Wildman–Crippen MR) is 143 cm³/mol. The van der Waals surface area contributed by atoms with Crippen LogP contribution in [0.5, 0.6) is 0 Å². The average Bonchev–Trinajstić information content (AvgIpc) is 3.52. The summed E-state index contributed by atoms with van der Waals surface area (Å²) in [5.41, 5.74) is 6.58. The van der Waals surface area contributed by atoms with Gasteiger partial charge in [0.1, 0.15) is 5.57 Å². The molecular formula is C32H27NO4. The molecule has 2 fully saturated rings. The minimum absolute atomic E-state index is 0.0876. The molecule has 1 saturated heterocycles. The molecule has 0 N–H and O–H groups in total. The first-order valence-corrected chi connectivity index (χ1v) is 12.7. The van der Waals surface area contributed by atoms with Crippen molar-refractivity contribution in [1.82, 2.24) is 4.57 Å². The van der Waals surface area contributed by atoms with E-state index in [1.54, 1.807) is 6.08 Å². The average molecular weight is 490 g/mol. The van der Waals surface area contributed by atoms with E-state index in [1.807, 2.05) is 54.6 Å². The van der Waals surface area contributed by atoms with Crippen molar-refractivity contribution >= 4 is 18.0 Å². The lowest BCUT2D eigenvalue weighted by Crippen LogP contribution is -2.44. The number of esters is 2. The van der Waals surface area contributed by atoms with Crippen LogP contribution in [0.15, 0.2) is 96.6 Å². The van der Waals surface area contributed by atoms with Gasteiger partial charge in [-0.25, -0.2) is 9.59 Å². The van der Waals surface area contributed by atoms with E-state index >= 15 is 0 Å². The highest BCUT2D eigenvalue weighted by Crippen LogP contribution is 2.41. The maximum absolute atomic E-state index is 13.1. The summed E-state index contributed by atoms with van der Waals surface area (Å²) in [6.45, 7) is 2.06. The molecule has 2 heterocycles. The monoisotopic (exact) mass is 489 g/mol. The molecule has 1 aliphatic heterocycles. The lowest BCUT2D eigenvalue weighted by atomic mass is 10.0. The number of hydrogen-bond donors (Lipinski definition) is 0. The fourth-order valence-electron chi connectivity index (χ4n) is 5.26. The molecule has 1 aliphatic carbocycles. The van der Waals surface area contributed by atoms with Crippen LogP contribution < -0.4 is 0 Å². The van der Waals surface area contributed by atoms with Gasteiger partial charge in [-0.3, -0.25) is 0 Å². The topological polar surface area (TPSA) is 57.5 Å². The number of nitrogens with zero attached hydrogens (tertiary/aromatic N) is 1. The van der Waals surface area contributed by atoms with Gasteiger partial charge in [0, 0.05) is 24.1 Å². The minimum atomic E-state index is -1.10. The molecule has 1 spiro atoms. The second kappa shape index (κ2) is 9.25. The number of ether oxygens (including phenoxy) is 2. The summed E-state index contributed by atoms with van der Waals surface area (Å²) < 4.78 is 13.6. The number of aromatic nitrogens is 1. The molecule has 0 radical (unpaired) electrons. The summed E-state index contributed by atoms with van der Waals surface area (Å²) in [6.07, 6.45) is 4.46. The highest BCUT2D eigenvalue weighted by atomic mass is 16.7. The number of carbonyl (C=O) groups excluding carboxylic acids is 2. The van der Waals surface area contributed by atoms with E-state index in [-0.39, 0.29) is 5.57 Å². The largest absolute Gasteiger partial charge is 0.419 e. The molecule has 2 aliphatic rings. The van der Waals surface area contributed by atoms with Crippen molar-refractivity contribution in [3.63, 3.8) is 0 Å². The van der Waals surface area contributed by atoms with Crippen LogP contribution in [-0.4, -0.2) is 22.3 Å².